The van der Waals surface area contributed by atoms with Gasteiger partial charge in [-0.2, -0.15) is 0 Å². The van der Waals surface area contributed by atoms with Crippen molar-refractivity contribution in [1.29, 1.82) is 0 Å². The van der Waals surface area contributed by atoms with Crippen LogP contribution in [0.25, 0.3) is 0 Å². The molecule has 2 aliphatic rings. The molecule has 0 amide bonds. The molecule has 0 aromatic rings. The highest BCUT2D eigenvalue weighted by atomic mass is 16.3. The van der Waals surface area contributed by atoms with Crippen LogP contribution >= 0.6 is 0 Å². The molecule has 2 fully saturated rings. The van der Waals surface area contributed by atoms with Crippen molar-refractivity contribution in [3.8, 4) is 0 Å². The minimum Gasteiger partial charge on any atom is -0.393 e. The molecule has 1 aliphatic heterocycles. The lowest BCUT2D eigenvalue weighted by atomic mass is 9.91. The Labute approximate surface area is 99.2 Å². The summed E-state index contributed by atoms with van der Waals surface area (Å²) in [5.41, 5.74) is 0. The van der Waals surface area contributed by atoms with Crippen molar-refractivity contribution < 1.29 is 5.11 Å². The van der Waals surface area contributed by atoms with E-state index >= 15 is 0 Å². The Morgan fingerprint density at radius 2 is 1.88 bits per heavy atom. The van der Waals surface area contributed by atoms with Gasteiger partial charge in [0.2, 0.25) is 0 Å². The molecule has 0 bridgehead atoms. The number of likely N-dealkylation sites (N-methyl/N-ethyl adjacent to an activating group) is 1. The zero-order chi connectivity index (χ0) is 11.4. The van der Waals surface area contributed by atoms with E-state index in [4.69, 9.17) is 0 Å². The van der Waals surface area contributed by atoms with Crippen LogP contribution in [0.2, 0.25) is 0 Å². The van der Waals surface area contributed by atoms with Crippen LogP contribution in [0.1, 0.15) is 44.9 Å². The lowest BCUT2D eigenvalue weighted by Crippen LogP contribution is -2.46. The number of hydrogen-bond acceptors (Lipinski definition) is 3. The van der Waals surface area contributed by atoms with E-state index in [2.05, 4.69) is 17.3 Å². The van der Waals surface area contributed by atoms with Gasteiger partial charge in [-0.3, -0.25) is 0 Å². The van der Waals surface area contributed by atoms with Crippen LogP contribution in [0.15, 0.2) is 0 Å². The molecule has 1 atom stereocenters. The molecule has 3 nitrogen and oxygen atoms in total. The van der Waals surface area contributed by atoms with Crippen LogP contribution in [0, 0.1) is 0 Å². The van der Waals surface area contributed by atoms with E-state index in [0.717, 1.165) is 12.8 Å². The topological polar surface area (TPSA) is 35.5 Å². The molecule has 2 N–H and O–H groups in total. The fourth-order valence-corrected chi connectivity index (χ4v) is 3.08. The SMILES string of the molecule is CN(CC1CCCCN1)C1CCC(O)CC1. The molecule has 16 heavy (non-hydrogen) atoms. The first-order valence-electron chi connectivity index (χ1n) is 6.87. The second-order valence-electron chi connectivity index (χ2n) is 5.55. The van der Waals surface area contributed by atoms with Crippen molar-refractivity contribution in [3.05, 3.63) is 0 Å². The molecule has 0 aromatic heterocycles. The van der Waals surface area contributed by atoms with E-state index in [1.165, 1.54) is 45.2 Å². The second kappa shape index (κ2) is 5.99. The molecule has 1 heterocycles. The zero-order valence-corrected chi connectivity index (χ0v) is 10.5. The van der Waals surface area contributed by atoms with E-state index in [1.54, 1.807) is 0 Å². The average molecular weight is 226 g/mol. The van der Waals surface area contributed by atoms with E-state index < -0.39 is 0 Å². The quantitative estimate of drug-likeness (QED) is 0.763. The highest BCUT2D eigenvalue weighted by Gasteiger charge is 2.24. The van der Waals surface area contributed by atoms with Crippen LogP contribution in [0.4, 0.5) is 0 Å². The number of piperidine rings is 1. The number of hydrogen-bond donors (Lipinski definition) is 2. The minimum absolute atomic E-state index is 0.0301. The normalized spacial score (nSPS) is 36.6. The summed E-state index contributed by atoms with van der Waals surface area (Å²) in [6, 6.07) is 1.40. The first kappa shape index (κ1) is 12.3. The Kier molecular flexibility index (Phi) is 4.62. The summed E-state index contributed by atoms with van der Waals surface area (Å²) < 4.78 is 0. The lowest BCUT2D eigenvalue weighted by molar-refractivity contribution is 0.0792. The number of nitrogens with one attached hydrogen (secondary N) is 1. The van der Waals surface area contributed by atoms with Crippen molar-refractivity contribution in [2.24, 2.45) is 0 Å². The third-order valence-corrected chi connectivity index (χ3v) is 4.21. The molecule has 2 rings (SSSR count). The van der Waals surface area contributed by atoms with Crippen LogP contribution in [-0.4, -0.2) is 48.3 Å². The highest BCUT2D eigenvalue weighted by Crippen LogP contribution is 2.22. The molecule has 1 aliphatic carbocycles. The van der Waals surface area contributed by atoms with Gasteiger partial charge in [0.1, 0.15) is 0 Å². The summed E-state index contributed by atoms with van der Waals surface area (Å²) in [4.78, 5) is 2.51. The highest BCUT2D eigenvalue weighted by molar-refractivity contribution is 4.82. The largest absolute Gasteiger partial charge is 0.393 e. The second-order valence-corrected chi connectivity index (χ2v) is 5.55. The number of aliphatic hydroxyl groups is 1. The van der Waals surface area contributed by atoms with Crippen LogP contribution in [0.5, 0.6) is 0 Å². The Hall–Kier alpha value is -0.120. The first-order chi connectivity index (χ1) is 7.75. The van der Waals surface area contributed by atoms with Gasteiger partial charge in [-0.1, -0.05) is 6.42 Å². The smallest absolute Gasteiger partial charge is 0.0541 e. The van der Waals surface area contributed by atoms with Crippen molar-refractivity contribution in [2.45, 2.75) is 63.1 Å². The maximum absolute atomic E-state index is 9.50. The molecule has 1 saturated heterocycles. The van der Waals surface area contributed by atoms with Crippen molar-refractivity contribution in [3.63, 3.8) is 0 Å². The van der Waals surface area contributed by atoms with Gasteiger partial charge in [-0.25, -0.2) is 0 Å². The fraction of sp³-hybridized carbons (Fsp3) is 1.00. The van der Waals surface area contributed by atoms with Gasteiger partial charge < -0.3 is 15.3 Å². The van der Waals surface area contributed by atoms with E-state index in [0.29, 0.717) is 12.1 Å². The van der Waals surface area contributed by atoms with Gasteiger partial charge in [0.25, 0.3) is 0 Å². The molecule has 1 saturated carbocycles. The van der Waals surface area contributed by atoms with Crippen LogP contribution in [0.3, 0.4) is 0 Å². The molecule has 0 spiro atoms. The molecule has 0 aromatic carbocycles. The summed E-state index contributed by atoms with van der Waals surface area (Å²) in [6.45, 7) is 2.38. The number of rotatable bonds is 3. The Morgan fingerprint density at radius 1 is 1.12 bits per heavy atom. The fourth-order valence-electron chi connectivity index (χ4n) is 3.08. The zero-order valence-electron chi connectivity index (χ0n) is 10.5. The van der Waals surface area contributed by atoms with Gasteiger partial charge in [0.15, 0.2) is 0 Å². The Bertz CT molecular complexity index is 196. The molecule has 1 unspecified atom stereocenters. The monoisotopic (exact) mass is 226 g/mol. The van der Waals surface area contributed by atoms with E-state index in [-0.39, 0.29) is 6.10 Å². The summed E-state index contributed by atoms with van der Waals surface area (Å²) in [5.74, 6) is 0. The third kappa shape index (κ3) is 3.44. The lowest BCUT2D eigenvalue weighted by Gasteiger charge is -2.36. The summed E-state index contributed by atoms with van der Waals surface area (Å²) in [5, 5.41) is 13.1. The standard InChI is InChI=1S/C13H26N2O/c1-15(10-11-4-2-3-9-14-11)12-5-7-13(16)8-6-12/h11-14,16H,2-10H2,1H3. The first-order valence-corrected chi connectivity index (χ1v) is 6.87. The molecule has 94 valence electrons. The number of aliphatic hydroxyl groups excluding tert-OH is 1. The maximum atomic E-state index is 9.50. The third-order valence-electron chi connectivity index (χ3n) is 4.21. The van der Waals surface area contributed by atoms with Gasteiger partial charge in [0.05, 0.1) is 6.10 Å². The van der Waals surface area contributed by atoms with Crippen molar-refractivity contribution in [2.75, 3.05) is 20.1 Å². The summed E-state index contributed by atoms with van der Waals surface area (Å²) >= 11 is 0. The average Bonchev–Trinajstić information content (AvgIpc) is 2.31. The Balaban J connectivity index is 1.72. The predicted octanol–water partition coefficient (Wildman–Crippen LogP) is 1.36. The van der Waals surface area contributed by atoms with Gasteiger partial charge >= 0.3 is 0 Å². The number of nitrogens with zero attached hydrogens (tertiary/aromatic N) is 1. The molecule has 3 heteroatoms. The van der Waals surface area contributed by atoms with Gasteiger partial charge in [-0.15, -0.1) is 0 Å². The van der Waals surface area contributed by atoms with Crippen molar-refractivity contribution in [1.82, 2.24) is 10.2 Å². The van der Waals surface area contributed by atoms with E-state index in [1.807, 2.05) is 0 Å². The Morgan fingerprint density at radius 3 is 2.50 bits per heavy atom. The minimum atomic E-state index is -0.0301. The molecule has 0 radical (unpaired) electrons. The van der Waals surface area contributed by atoms with E-state index in [9.17, 15) is 5.11 Å². The predicted molar refractivity (Wildman–Crippen MR) is 66.5 cm³/mol. The van der Waals surface area contributed by atoms with Crippen molar-refractivity contribution >= 4 is 0 Å². The summed E-state index contributed by atoms with van der Waals surface area (Å²) in [7, 11) is 2.25. The van der Waals surface area contributed by atoms with Crippen LogP contribution in [-0.2, 0) is 0 Å². The maximum Gasteiger partial charge on any atom is 0.0541 e. The summed E-state index contributed by atoms with van der Waals surface area (Å²) in [6.07, 6.45) is 8.36. The van der Waals surface area contributed by atoms with Crippen LogP contribution < -0.4 is 5.32 Å². The molecular weight excluding hydrogens is 200 g/mol. The van der Waals surface area contributed by atoms with Gasteiger partial charge in [0, 0.05) is 18.6 Å². The molecular formula is C13H26N2O. The van der Waals surface area contributed by atoms with Gasteiger partial charge in [-0.05, 0) is 52.1 Å².